The van der Waals surface area contributed by atoms with Gasteiger partial charge in [-0.15, -0.1) is 3.89 Å². The van der Waals surface area contributed by atoms with E-state index < -0.39 is 0 Å². The molecule has 0 atom stereocenters. The number of aromatic nitrogens is 3. The molecule has 0 saturated carbocycles. The Kier molecular flexibility index (Phi) is 6.72. The van der Waals surface area contributed by atoms with Gasteiger partial charge in [0.05, 0.1) is 16.8 Å². The minimum atomic E-state index is -0.345. The maximum Gasteiger partial charge on any atom is 0.257 e. The van der Waals surface area contributed by atoms with Crippen LogP contribution in [0.5, 0.6) is 0 Å². The van der Waals surface area contributed by atoms with Gasteiger partial charge in [0.2, 0.25) is 0 Å². The van der Waals surface area contributed by atoms with Gasteiger partial charge in [-0.1, -0.05) is 23.2 Å². The number of halogens is 3. The van der Waals surface area contributed by atoms with Gasteiger partial charge in [0.1, 0.15) is 5.82 Å². The Labute approximate surface area is 191 Å². The van der Waals surface area contributed by atoms with Crippen LogP contribution in [0.3, 0.4) is 0 Å². The quantitative estimate of drug-likeness (QED) is 0.455. The van der Waals surface area contributed by atoms with Crippen molar-refractivity contribution in [3.63, 3.8) is 0 Å². The first-order valence-electron chi connectivity index (χ1n) is 9.01. The first-order valence-corrected chi connectivity index (χ1v) is 11.4. The van der Waals surface area contributed by atoms with Gasteiger partial charge in [0, 0.05) is 41.8 Å². The van der Waals surface area contributed by atoms with E-state index in [1.54, 1.807) is 42.5 Å². The fraction of sp³-hybridized carbons (Fsp3) is 0.211. The summed E-state index contributed by atoms with van der Waals surface area (Å²) in [6.45, 7) is 0.884. The molecular weight excluding hydrogens is 468 g/mol. The summed E-state index contributed by atoms with van der Waals surface area (Å²) in [7, 11) is 0. The molecule has 0 aliphatic carbocycles. The third-order valence-corrected chi connectivity index (χ3v) is 6.41. The molecular formula is C19H16Cl2FN5OS2. The van der Waals surface area contributed by atoms with Crippen molar-refractivity contribution in [3.8, 4) is 0 Å². The third kappa shape index (κ3) is 5.03. The van der Waals surface area contributed by atoms with Crippen LogP contribution in [-0.4, -0.2) is 32.4 Å². The number of hydrogen-bond donors (Lipinski definition) is 1. The molecule has 6 nitrogen and oxygen atoms in total. The first-order chi connectivity index (χ1) is 14.5. The maximum atomic E-state index is 12.9. The average Bonchev–Trinajstić information content (AvgIpc) is 3.40. The summed E-state index contributed by atoms with van der Waals surface area (Å²) in [6.07, 6.45) is 6.24. The highest BCUT2D eigenvalue weighted by atomic mass is 35.5. The summed E-state index contributed by atoms with van der Waals surface area (Å²) in [6, 6.07) is 6.97. The largest absolute Gasteiger partial charge is 0.322 e. The monoisotopic (exact) mass is 483 g/mol. The van der Waals surface area contributed by atoms with Gasteiger partial charge in [-0.3, -0.25) is 4.79 Å². The fourth-order valence-electron chi connectivity index (χ4n) is 3.09. The lowest BCUT2D eigenvalue weighted by Crippen LogP contribution is -2.16. The van der Waals surface area contributed by atoms with E-state index in [-0.39, 0.29) is 23.3 Å². The van der Waals surface area contributed by atoms with Gasteiger partial charge < -0.3 is 9.62 Å². The number of carbonyl (C=O) groups excluding carboxylic acids is 1. The average molecular weight is 484 g/mol. The molecule has 3 aromatic rings. The minimum absolute atomic E-state index is 0.0240. The molecule has 1 saturated heterocycles. The summed E-state index contributed by atoms with van der Waals surface area (Å²) >= 11 is 14.2. The molecule has 1 aromatic carbocycles. The smallest absolute Gasteiger partial charge is 0.257 e. The Hall–Kier alpha value is -1.94. The topological polar surface area (TPSA) is 63.1 Å². The molecule has 2 aromatic heterocycles. The molecule has 1 amide bonds. The van der Waals surface area contributed by atoms with Gasteiger partial charge in [-0.2, -0.15) is 9.19 Å². The van der Waals surface area contributed by atoms with E-state index in [0.29, 0.717) is 28.5 Å². The van der Waals surface area contributed by atoms with Crippen LogP contribution in [0.25, 0.3) is 0 Å². The molecule has 11 heteroatoms. The summed E-state index contributed by atoms with van der Waals surface area (Å²) in [4.78, 5) is 17.2. The lowest BCUT2D eigenvalue weighted by molar-refractivity contribution is 0.102. The summed E-state index contributed by atoms with van der Waals surface area (Å²) in [5, 5.41) is 7.50. The van der Waals surface area contributed by atoms with Crippen LogP contribution in [0.2, 0.25) is 10.0 Å². The molecule has 1 aliphatic heterocycles. The van der Waals surface area contributed by atoms with Gasteiger partial charge >= 0.3 is 0 Å². The number of amides is 1. The third-order valence-electron chi connectivity index (χ3n) is 4.40. The predicted molar refractivity (Wildman–Crippen MR) is 122 cm³/mol. The highest BCUT2D eigenvalue weighted by Crippen LogP contribution is 2.30. The summed E-state index contributed by atoms with van der Waals surface area (Å²) in [5.41, 5.74) is 2.57. The summed E-state index contributed by atoms with van der Waals surface area (Å²) < 4.78 is 15.8. The van der Waals surface area contributed by atoms with Gasteiger partial charge in [-0.25, -0.2) is 4.98 Å². The zero-order valence-electron chi connectivity index (χ0n) is 15.5. The van der Waals surface area contributed by atoms with Crippen molar-refractivity contribution in [1.29, 1.82) is 0 Å². The van der Waals surface area contributed by atoms with Crippen molar-refractivity contribution in [1.82, 2.24) is 14.2 Å². The minimum Gasteiger partial charge on any atom is -0.322 e. The molecule has 30 heavy (non-hydrogen) atoms. The Bertz CT molecular complexity index is 1070. The Morgan fingerprint density at radius 3 is 2.83 bits per heavy atom. The fourth-order valence-corrected chi connectivity index (χ4v) is 4.77. The number of hydrogen-bond acceptors (Lipinski definition) is 6. The molecule has 1 N–H and O–H groups in total. The van der Waals surface area contributed by atoms with Crippen LogP contribution in [0, 0.1) is 0 Å². The first kappa shape index (κ1) is 21.3. The second kappa shape index (κ2) is 9.47. The van der Waals surface area contributed by atoms with Gasteiger partial charge in [0.15, 0.2) is 12.3 Å². The van der Waals surface area contributed by atoms with Crippen molar-refractivity contribution in [2.75, 3.05) is 21.9 Å². The number of carbonyl (C=O) groups is 1. The molecule has 0 radical (unpaired) electrons. The molecule has 0 unspecified atom stereocenters. The van der Waals surface area contributed by atoms with E-state index in [1.165, 1.54) is 6.20 Å². The van der Waals surface area contributed by atoms with Crippen LogP contribution in [0.15, 0.2) is 42.9 Å². The van der Waals surface area contributed by atoms with Crippen LogP contribution in [0.1, 0.15) is 27.9 Å². The predicted octanol–water partition coefficient (Wildman–Crippen LogP) is 5.67. The Balaban J connectivity index is 1.53. The van der Waals surface area contributed by atoms with Gasteiger partial charge in [0.25, 0.3) is 5.91 Å². The molecule has 1 aliphatic rings. The second-order valence-corrected chi connectivity index (χ2v) is 9.07. The number of nitrogens with one attached hydrogen (secondary N) is 1. The Morgan fingerprint density at radius 2 is 2.10 bits per heavy atom. The Morgan fingerprint density at radius 1 is 1.23 bits per heavy atom. The summed E-state index contributed by atoms with van der Waals surface area (Å²) in [5.74, 6) is 1.39. The van der Waals surface area contributed by atoms with Crippen LogP contribution in [0.4, 0.5) is 15.4 Å². The second-order valence-electron chi connectivity index (χ2n) is 6.61. The van der Waals surface area contributed by atoms with Crippen molar-refractivity contribution < 1.29 is 8.68 Å². The number of nitrogens with zero attached hydrogens (tertiary/aromatic N) is 4. The zero-order valence-corrected chi connectivity index (χ0v) is 18.7. The molecule has 0 spiro atoms. The SMILES string of the molecule is O=C(Nc1cc(Cl)cc(Cc2cnn(SF)c2)c1)c1cc(N2CCCS2)ncc1Cl. The molecule has 0 bridgehead atoms. The van der Waals surface area contributed by atoms with E-state index in [1.807, 2.05) is 6.07 Å². The number of pyridine rings is 1. The van der Waals surface area contributed by atoms with E-state index in [9.17, 15) is 8.68 Å². The standard InChI is InChI=1S/C19H16Cl2FN5OS2/c20-14-5-12(4-13-9-24-27(11-13)30-22)6-15(7-14)25-19(28)16-8-18(23-10-17(16)21)26-2-1-3-29-26/h5-11H,1-4H2,(H,25,28). The van der Waals surface area contributed by atoms with E-state index in [4.69, 9.17) is 23.2 Å². The molecule has 3 heterocycles. The van der Waals surface area contributed by atoms with Crippen molar-refractivity contribution in [2.45, 2.75) is 12.8 Å². The van der Waals surface area contributed by atoms with E-state index in [0.717, 1.165) is 33.9 Å². The number of benzene rings is 1. The van der Waals surface area contributed by atoms with Crippen LogP contribution in [-0.2, 0) is 6.42 Å². The molecule has 4 rings (SSSR count). The maximum absolute atomic E-state index is 12.9. The normalized spacial score (nSPS) is 13.6. The highest BCUT2D eigenvalue weighted by Gasteiger charge is 2.19. The lowest BCUT2D eigenvalue weighted by Gasteiger charge is -2.16. The van der Waals surface area contributed by atoms with E-state index in [2.05, 4.69) is 19.7 Å². The van der Waals surface area contributed by atoms with Crippen LogP contribution >= 0.6 is 47.5 Å². The number of rotatable bonds is 6. The number of anilines is 2. The van der Waals surface area contributed by atoms with Crippen molar-refractivity contribution >= 4 is 64.9 Å². The van der Waals surface area contributed by atoms with Crippen molar-refractivity contribution in [3.05, 3.63) is 69.6 Å². The highest BCUT2D eigenvalue weighted by molar-refractivity contribution is 8.00. The lowest BCUT2D eigenvalue weighted by atomic mass is 10.1. The van der Waals surface area contributed by atoms with Crippen LogP contribution < -0.4 is 9.62 Å². The zero-order chi connectivity index (χ0) is 21.1. The molecule has 1 fully saturated rings. The van der Waals surface area contributed by atoms with E-state index >= 15 is 0 Å². The molecule has 156 valence electrons. The van der Waals surface area contributed by atoms with Crippen molar-refractivity contribution in [2.24, 2.45) is 0 Å². The van der Waals surface area contributed by atoms with Gasteiger partial charge in [-0.05, 0) is 53.8 Å².